The third-order valence-corrected chi connectivity index (χ3v) is 8.31. The van der Waals surface area contributed by atoms with Crippen molar-refractivity contribution < 1.29 is 13.9 Å². The fraction of sp³-hybridized carbons (Fsp3) is 0.375. The number of carbonyl (C=O) groups excluding carboxylic acids is 1. The van der Waals surface area contributed by atoms with E-state index in [0.717, 1.165) is 59.5 Å². The third-order valence-electron chi connectivity index (χ3n) is 8.31. The highest BCUT2D eigenvalue weighted by Crippen LogP contribution is 2.37. The Bertz CT molecular complexity index is 1550. The van der Waals surface area contributed by atoms with Gasteiger partial charge < -0.3 is 19.2 Å². The Balaban J connectivity index is 1.37. The highest BCUT2D eigenvalue weighted by atomic mass is 19.1. The standard InChI is InChI=1S/C32H36FN3O3/c1-20-19-30(39-4)27(32(38)34-20)13-14-29(37)31-22(3)36(28-8-6-5-7-26(28)31)21(2)23-15-17-35(18-16-23)25-11-9-24(33)10-12-25/h5-12,19,21,23H,13-18H2,1-4H3,(H,34,38)/t21-/m1/s1. The molecule has 0 saturated carbocycles. The highest BCUT2D eigenvalue weighted by molar-refractivity contribution is 6.09. The number of H-pyrrole nitrogens is 1. The minimum atomic E-state index is -0.215. The Morgan fingerprint density at radius 2 is 1.79 bits per heavy atom. The molecule has 1 fully saturated rings. The van der Waals surface area contributed by atoms with Crippen LogP contribution in [0.5, 0.6) is 5.75 Å². The first-order valence-electron chi connectivity index (χ1n) is 13.7. The van der Waals surface area contributed by atoms with E-state index in [1.165, 1.54) is 12.1 Å². The number of fused-ring (bicyclic) bond motifs is 1. The van der Waals surface area contributed by atoms with Crippen molar-refractivity contribution in [2.24, 2.45) is 5.92 Å². The molecule has 1 N–H and O–H groups in total. The molecular weight excluding hydrogens is 493 g/mol. The molecule has 4 aromatic rings. The first-order valence-corrected chi connectivity index (χ1v) is 13.7. The Morgan fingerprint density at radius 3 is 2.49 bits per heavy atom. The monoisotopic (exact) mass is 529 g/mol. The molecule has 6 nitrogen and oxygen atoms in total. The molecule has 2 aromatic heterocycles. The van der Waals surface area contributed by atoms with Crippen molar-refractivity contribution in [3.63, 3.8) is 0 Å². The van der Waals surface area contributed by atoms with Crippen molar-refractivity contribution in [3.8, 4) is 5.75 Å². The van der Waals surface area contributed by atoms with Crippen LogP contribution >= 0.6 is 0 Å². The molecule has 0 bridgehead atoms. The van der Waals surface area contributed by atoms with Crippen LogP contribution in [0.15, 0.2) is 59.4 Å². The first-order chi connectivity index (χ1) is 18.8. The van der Waals surface area contributed by atoms with Crippen molar-refractivity contribution in [2.45, 2.75) is 52.5 Å². The van der Waals surface area contributed by atoms with Crippen LogP contribution in [-0.2, 0) is 6.42 Å². The summed E-state index contributed by atoms with van der Waals surface area (Å²) in [6.45, 7) is 7.93. The van der Waals surface area contributed by atoms with E-state index in [0.29, 0.717) is 23.7 Å². The van der Waals surface area contributed by atoms with Crippen molar-refractivity contribution in [3.05, 3.63) is 93.3 Å². The third kappa shape index (κ3) is 5.22. The van der Waals surface area contributed by atoms with Gasteiger partial charge in [0.1, 0.15) is 11.6 Å². The van der Waals surface area contributed by atoms with Crippen LogP contribution in [-0.4, -0.2) is 35.5 Å². The average molecular weight is 530 g/mol. The lowest BCUT2D eigenvalue weighted by Crippen LogP contribution is -2.36. The van der Waals surface area contributed by atoms with E-state index >= 15 is 0 Å². The second kappa shape index (κ2) is 11.1. The van der Waals surface area contributed by atoms with Gasteiger partial charge in [0.05, 0.1) is 12.7 Å². The second-order valence-electron chi connectivity index (χ2n) is 10.6. The molecular formula is C32H36FN3O3. The normalized spacial score (nSPS) is 15.1. The summed E-state index contributed by atoms with van der Waals surface area (Å²) >= 11 is 0. The number of aromatic nitrogens is 2. The van der Waals surface area contributed by atoms with Gasteiger partial charge in [-0.3, -0.25) is 9.59 Å². The summed E-state index contributed by atoms with van der Waals surface area (Å²) in [7, 11) is 1.54. The molecule has 0 spiro atoms. The van der Waals surface area contributed by atoms with Crippen LogP contribution in [0.2, 0.25) is 0 Å². The van der Waals surface area contributed by atoms with Crippen LogP contribution in [0.1, 0.15) is 59.5 Å². The van der Waals surface area contributed by atoms with E-state index in [1.807, 2.05) is 44.2 Å². The number of aryl methyl sites for hydroxylation is 1. The fourth-order valence-electron chi connectivity index (χ4n) is 6.24. The van der Waals surface area contributed by atoms with Crippen LogP contribution in [0.25, 0.3) is 10.9 Å². The van der Waals surface area contributed by atoms with Gasteiger partial charge in [-0.2, -0.15) is 0 Å². The minimum Gasteiger partial charge on any atom is -0.496 e. The number of piperidine rings is 1. The molecule has 1 atom stereocenters. The fourth-order valence-corrected chi connectivity index (χ4v) is 6.24. The number of carbonyl (C=O) groups is 1. The summed E-state index contributed by atoms with van der Waals surface area (Å²) in [5.74, 6) is 0.786. The van der Waals surface area contributed by atoms with Gasteiger partial charge in [-0.1, -0.05) is 18.2 Å². The second-order valence-corrected chi connectivity index (χ2v) is 10.6. The summed E-state index contributed by atoms with van der Waals surface area (Å²) in [6.07, 6.45) is 2.57. The molecule has 204 valence electrons. The number of para-hydroxylation sites is 1. The Morgan fingerprint density at radius 1 is 1.10 bits per heavy atom. The van der Waals surface area contributed by atoms with E-state index < -0.39 is 0 Å². The average Bonchev–Trinajstić information content (AvgIpc) is 3.23. The molecule has 5 rings (SSSR count). The molecule has 7 heteroatoms. The highest BCUT2D eigenvalue weighted by Gasteiger charge is 2.29. The number of methoxy groups -OCH3 is 1. The summed E-state index contributed by atoms with van der Waals surface area (Å²) in [5.41, 5.74) is 4.85. The Kier molecular flexibility index (Phi) is 7.60. The van der Waals surface area contributed by atoms with E-state index in [9.17, 15) is 14.0 Å². The molecule has 2 aromatic carbocycles. The van der Waals surface area contributed by atoms with Crippen LogP contribution in [0, 0.1) is 25.6 Å². The number of aromatic amines is 1. The van der Waals surface area contributed by atoms with Crippen LogP contribution < -0.4 is 15.2 Å². The van der Waals surface area contributed by atoms with E-state index in [-0.39, 0.29) is 29.6 Å². The van der Waals surface area contributed by atoms with Crippen LogP contribution in [0.3, 0.4) is 0 Å². The van der Waals surface area contributed by atoms with E-state index in [1.54, 1.807) is 13.2 Å². The molecule has 3 heterocycles. The minimum absolute atomic E-state index is 0.0304. The predicted molar refractivity (Wildman–Crippen MR) is 154 cm³/mol. The van der Waals surface area contributed by atoms with Crippen molar-refractivity contribution in [2.75, 3.05) is 25.1 Å². The van der Waals surface area contributed by atoms with Crippen molar-refractivity contribution in [1.82, 2.24) is 9.55 Å². The van der Waals surface area contributed by atoms with E-state index in [2.05, 4.69) is 27.4 Å². The maximum Gasteiger partial charge on any atom is 0.255 e. The Hall–Kier alpha value is -3.87. The van der Waals surface area contributed by atoms with Gasteiger partial charge in [-0.15, -0.1) is 0 Å². The summed E-state index contributed by atoms with van der Waals surface area (Å²) in [6, 6.07) is 16.8. The lowest BCUT2D eigenvalue weighted by Gasteiger charge is -2.37. The first kappa shape index (κ1) is 26.7. The number of nitrogens with one attached hydrogen (secondary N) is 1. The summed E-state index contributed by atoms with van der Waals surface area (Å²) < 4.78 is 21.1. The predicted octanol–water partition coefficient (Wildman–Crippen LogP) is 6.39. The van der Waals surface area contributed by atoms with Gasteiger partial charge in [-0.05, 0) is 82.3 Å². The van der Waals surface area contributed by atoms with Gasteiger partial charge >= 0.3 is 0 Å². The maximum absolute atomic E-state index is 13.7. The SMILES string of the molecule is COc1cc(C)[nH]c(=O)c1CCC(=O)c1c(C)n([C@H](C)C2CCN(c3ccc(F)cc3)CC2)c2ccccc12. The molecule has 1 saturated heterocycles. The maximum atomic E-state index is 13.7. The number of Topliss-reactive ketones (excluding diaryl/α,β-unsaturated/α-hetero) is 1. The topological polar surface area (TPSA) is 67.3 Å². The molecule has 1 aliphatic heterocycles. The molecule has 0 radical (unpaired) electrons. The van der Waals surface area contributed by atoms with Crippen molar-refractivity contribution in [1.29, 1.82) is 0 Å². The molecule has 39 heavy (non-hydrogen) atoms. The summed E-state index contributed by atoms with van der Waals surface area (Å²) in [4.78, 5) is 31.4. The number of anilines is 1. The van der Waals surface area contributed by atoms with Gasteiger partial charge in [0.25, 0.3) is 5.56 Å². The number of hydrogen-bond acceptors (Lipinski definition) is 4. The van der Waals surface area contributed by atoms with Gasteiger partial charge in [0, 0.05) is 59.1 Å². The number of ether oxygens (including phenoxy) is 1. The smallest absolute Gasteiger partial charge is 0.255 e. The number of nitrogens with zero attached hydrogens (tertiary/aromatic N) is 2. The number of benzene rings is 2. The quantitative estimate of drug-likeness (QED) is 0.269. The Labute approximate surface area is 228 Å². The number of hydrogen-bond donors (Lipinski definition) is 1. The summed E-state index contributed by atoms with van der Waals surface area (Å²) in [5, 5.41) is 0.959. The van der Waals surface area contributed by atoms with Crippen LogP contribution in [0.4, 0.5) is 10.1 Å². The largest absolute Gasteiger partial charge is 0.496 e. The zero-order valence-corrected chi connectivity index (χ0v) is 23.1. The van der Waals surface area contributed by atoms with Crippen molar-refractivity contribution >= 4 is 22.4 Å². The van der Waals surface area contributed by atoms with E-state index in [4.69, 9.17) is 4.74 Å². The molecule has 0 unspecified atom stereocenters. The zero-order valence-electron chi connectivity index (χ0n) is 23.1. The lowest BCUT2D eigenvalue weighted by molar-refractivity contribution is 0.0983. The number of pyridine rings is 1. The number of halogens is 1. The number of ketones is 1. The lowest BCUT2D eigenvalue weighted by atomic mass is 9.89. The van der Waals surface area contributed by atoms with Gasteiger partial charge in [0.15, 0.2) is 5.78 Å². The number of rotatable bonds is 8. The molecule has 0 amide bonds. The molecule has 0 aliphatic carbocycles. The van der Waals surface area contributed by atoms with Gasteiger partial charge in [0.2, 0.25) is 0 Å². The zero-order chi connectivity index (χ0) is 27.7. The molecule has 1 aliphatic rings. The van der Waals surface area contributed by atoms with Gasteiger partial charge in [-0.25, -0.2) is 4.39 Å².